The lowest BCUT2D eigenvalue weighted by Gasteiger charge is -2.54. The average molecular weight is 234 g/mol. The van der Waals surface area contributed by atoms with Crippen LogP contribution < -0.4 is 0 Å². The molecular formula is C16H28N-. The summed E-state index contributed by atoms with van der Waals surface area (Å²) in [5.41, 5.74) is 1.91. The van der Waals surface area contributed by atoms with Crippen molar-refractivity contribution in [2.75, 3.05) is 7.05 Å². The number of fused-ring (bicyclic) bond motifs is 1. The molecule has 0 amide bonds. The molecule has 0 aromatic rings. The molecule has 0 saturated heterocycles. The fraction of sp³-hybridized carbons (Fsp3) is 0.875. The van der Waals surface area contributed by atoms with Gasteiger partial charge >= 0.3 is 0 Å². The topological polar surface area (TPSA) is 14.1 Å². The first-order chi connectivity index (χ1) is 7.97. The largest absolute Gasteiger partial charge is 0.660 e. The number of hydrogen-bond acceptors (Lipinski definition) is 0. The minimum absolute atomic E-state index is 0.256. The molecule has 0 unspecified atom stereocenters. The van der Waals surface area contributed by atoms with Crippen LogP contribution in [0.15, 0.2) is 11.6 Å². The van der Waals surface area contributed by atoms with Crippen molar-refractivity contribution >= 4 is 0 Å². The molecule has 4 atom stereocenters. The van der Waals surface area contributed by atoms with E-state index in [1.165, 1.54) is 25.7 Å². The molecule has 17 heavy (non-hydrogen) atoms. The maximum atomic E-state index is 4.67. The Hall–Kier alpha value is -0.300. The molecule has 0 aliphatic heterocycles. The van der Waals surface area contributed by atoms with Crippen LogP contribution in [0.3, 0.4) is 0 Å². The van der Waals surface area contributed by atoms with Crippen LogP contribution in [0.25, 0.3) is 5.32 Å². The maximum Gasteiger partial charge on any atom is -0.0176 e. The van der Waals surface area contributed by atoms with Crippen molar-refractivity contribution in [3.8, 4) is 0 Å². The minimum Gasteiger partial charge on any atom is -0.660 e. The number of nitrogens with zero attached hydrogens (tertiary/aromatic N) is 1. The second-order valence-corrected chi connectivity index (χ2v) is 6.83. The van der Waals surface area contributed by atoms with Gasteiger partial charge in [0.2, 0.25) is 0 Å². The summed E-state index contributed by atoms with van der Waals surface area (Å²) in [4.78, 5) is 0. The van der Waals surface area contributed by atoms with Crippen molar-refractivity contribution in [3.63, 3.8) is 0 Å². The van der Waals surface area contributed by atoms with E-state index in [-0.39, 0.29) is 5.54 Å². The summed E-state index contributed by atoms with van der Waals surface area (Å²) in [7, 11) is 2.01. The van der Waals surface area contributed by atoms with E-state index in [9.17, 15) is 0 Å². The van der Waals surface area contributed by atoms with Crippen LogP contribution in [0, 0.1) is 23.7 Å². The highest BCUT2D eigenvalue weighted by Gasteiger charge is 2.40. The SMILES string of the molecule is C[N-][C@@]1(C)CC[C@@H]2C(C)=CC[C@H](C(C)C)[C@@H]2C1. The van der Waals surface area contributed by atoms with E-state index in [1.54, 1.807) is 5.57 Å². The zero-order valence-corrected chi connectivity index (χ0v) is 12.2. The second-order valence-electron chi connectivity index (χ2n) is 6.83. The van der Waals surface area contributed by atoms with Crippen molar-refractivity contribution in [1.82, 2.24) is 0 Å². The van der Waals surface area contributed by atoms with Gasteiger partial charge in [-0.15, -0.1) is 5.54 Å². The van der Waals surface area contributed by atoms with Gasteiger partial charge in [0, 0.05) is 0 Å². The lowest BCUT2D eigenvalue weighted by Crippen LogP contribution is -2.42. The number of hydrogen-bond donors (Lipinski definition) is 0. The molecule has 2 aliphatic rings. The van der Waals surface area contributed by atoms with Crippen molar-refractivity contribution in [2.24, 2.45) is 23.7 Å². The lowest BCUT2D eigenvalue weighted by atomic mass is 9.59. The summed E-state index contributed by atoms with van der Waals surface area (Å²) in [6, 6.07) is 0. The van der Waals surface area contributed by atoms with E-state index in [1.807, 2.05) is 7.05 Å². The Morgan fingerprint density at radius 2 is 2.12 bits per heavy atom. The van der Waals surface area contributed by atoms with Crippen LogP contribution in [0.1, 0.15) is 53.4 Å². The Kier molecular flexibility index (Phi) is 3.68. The minimum atomic E-state index is 0.256. The third kappa shape index (κ3) is 2.45. The molecule has 0 aromatic heterocycles. The van der Waals surface area contributed by atoms with Gasteiger partial charge in [0.15, 0.2) is 0 Å². The highest BCUT2D eigenvalue weighted by atomic mass is 14.9. The average Bonchev–Trinajstić information content (AvgIpc) is 2.29. The number of allylic oxidation sites excluding steroid dienone is 2. The van der Waals surface area contributed by atoms with E-state index >= 15 is 0 Å². The van der Waals surface area contributed by atoms with E-state index < -0.39 is 0 Å². The van der Waals surface area contributed by atoms with Gasteiger partial charge < -0.3 is 5.32 Å². The summed E-state index contributed by atoms with van der Waals surface area (Å²) in [6.07, 6.45) is 7.74. The predicted octanol–water partition coefficient (Wildman–Crippen LogP) is 4.79. The molecule has 1 saturated carbocycles. The summed E-state index contributed by atoms with van der Waals surface area (Å²) < 4.78 is 0. The third-order valence-corrected chi connectivity index (χ3v) is 5.43. The Balaban J connectivity index is 2.21. The van der Waals surface area contributed by atoms with E-state index in [2.05, 4.69) is 39.1 Å². The molecule has 2 rings (SSSR count). The molecule has 98 valence electrons. The van der Waals surface area contributed by atoms with Crippen molar-refractivity contribution in [2.45, 2.75) is 58.9 Å². The number of rotatable bonds is 2. The van der Waals surface area contributed by atoms with E-state index in [0.29, 0.717) is 0 Å². The lowest BCUT2D eigenvalue weighted by molar-refractivity contribution is 0.105. The molecule has 0 spiro atoms. The van der Waals surface area contributed by atoms with Crippen LogP contribution in [0.2, 0.25) is 0 Å². The maximum absolute atomic E-state index is 4.67. The molecule has 0 aromatic carbocycles. The molecule has 1 fully saturated rings. The van der Waals surface area contributed by atoms with Crippen LogP contribution in [0.5, 0.6) is 0 Å². The summed E-state index contributed by atoms with van der Waals surface area (Å²) in [5, 5.41) is 4.67. The first-order valence-corrected chi connectivity index (χ1v) is 7.24. The normalized spacial score (nSPS) is 42.2. The molecule has 0 heterocycles. The van der Waals surface area contributed by atoms with Crippen molar-refractivity contribution < 1.29 is 0 Å². The molecule has 0 N–H and O–H groups in total. The van der Waals surface area contributed by atoms with Gasteiger partial charge in [0.1, 0.15) is 0 Å². The highest BCUT2D eigenvalue weighted by Crippen LogP contribution is 2.50. The fourth-order valence-electron chi connectivity index (χ4n) is 4.07. The van der Waals surface area contributed by atoms with E-state index in [0.717, 1.165) is 23.7 Å². The molecule has 1 nitrogen and oxygen atoms in total. The van der Waals surface area contributed by atoms with Gasteiger partial charge in [0.05, 0.1) is 0 Å². The summed E-state index contributed by atoms with van der Waals surface area (Å²) in [5.74, 6) is 3.42. The van der Waals surface area contributed by atoms with Crippen LogP contribution in [-0.2, 0) is 0 Å². The standard InChI is InChI=1S/C16H28N/c1-11(2)13-7-6-12(3)14-8-9-16(4,17-5)10-15(13)14/h6,11,13-15H,7-10H2,1-5H3/q-1/t13-,14-,15+,16+/m1/s1. The molecule has 0 radical (unpaired) electrons. The van der Waals surface area contributed by atoms with Gasteiger partial charge in [-0.05, 0) is 43.4 Å². The molecular weight excluding hydrogens is 206 g/mol. The van der Waals surface area contributed by atoms with Crippen LogP contribution >= 0.6 is 0 Å². The molecule has 2 aliphatic carbocycles. The van der Waals surface area contributed by atoms with Gasteiger partial charge in [-0.1, -0.05) is 45.3 Å². The molecule has 0 bridgehead atoms. The Morgan fingerprint density at radius 3 is 2.71 bits per heavy atom. The van der Waals surface area contributed by atoms with Gasteiger partial charge in [-0.25, -0.2) is 0 Å². The summed E-state index contributed by atoms with van der Waals surface area (Å²) in [6.45, 7) is 9.49. The first kappa shape index (κ1) is 13.1. The van der Waals surface area contributed by atoms with Crippen LogP contribution in [0.4, 0.5) is 0 Å². The third-order valence-electron chi connectivity index (χ3n) is 5.43. The van der Waals surface area contributed by atoms with Gasteiger partial charge in [0.25, 0.3) is 0 Å². The van der Waals surface area contributed by atoms with Gasteiger partial charge in [-0.2, -0.15) is 7.05 Å². The predicted molar refractivity (Wildman–Crippen MR) is 75.2 cm³/mol. The smallest absolute Gasteiger partial charge is 0.0176 e. The second kappa shape index (κ2) is 4.76. The zero-order chi connectivity index (χ0) is 12.6. The highest BCUT2D eigenvalue weighted by molar-refractivity contribution is 5.17. The summed E-state index contributed by atoms with van der Waals surface area (Å²) >= 11 is 0. The Bertz CT molecular complexity index is 305. The Morgan fingerprint density at radius 1 is 1.41 bits per heavy atom. The monoisotopic (exact) mass is 234 g/mol. The Labute approximate surface area is 107 Å². The molecule has 1 heteroatoms. The van der Waals surface area contributed by atoms with Crippen LogP contribution in [-0.4, -0.2) is 12.6 Å². The van der Waals surface area contributed by atoms with Crippen molar-refractivity contribution in [3.05, 3.63) is 17.0 Å². The van der Waals surface area contributed by atoms with Gasteiger partial charge in [-0.3, -0.25) is 0 Å². The first-order valence-electron chi connectivity index (χ1n) is 7.24. The quantitative estimate of drug-likeness (QED) is 0.610. The fourth-order valence-corrected chi connectivity index (χ4v) is 4.07. The van der Waals surface area contributed by atoms with Crippen molar-refractivity contribution in [1.29, 1.82) is 0 Å². The van der Waals surface area contributed by atoms with E-state index in [4.69, 9.17) is 0 Å². The zero-order valence-electron chi connectivity index (χ0n) is 12.2.